The zero-order valence-corrected chi connectivity index (χ0v) is 17.7. The van der Waals surface area contributed by atoms with E-state index in [2.05, 4.69) is 59.6 Å². The van der Waals surface area contributed by atoms with Gasteiger partial charge in [-0.1, -0.05) is 54.6 Å². The third kappa shape index (κ3) is 4.75. The Balaban J connectivity index is 1.31. The quantitative estimate of drug-likeness (QED) is 0.460. The SMILES string of the molecule is CC(c1cccc2ccccc12)N1CCC(C(=O)NCc2ccc([N+](=O)[O-])cc2)CC1. The van der Waals surface area contributed by atoms with Crippen LogP contribution in [-0.4, -0.2) is 28.8 Å². The summed E-state index contributed by atoms with van der Waals surface area (Å²) in [5.41, 5.74) is 2.25. The zero-order valence-electron chi connectivity index (χ0n) is 17.7. The van der Waals surface area contributed by atoms with Crippen molar-refractivity contribution in [2.75, 3.05) is 13.1 Å². The maximum absolute atomic E-state index is 12.6. The smallest absolute Gasteiger partial charge is 0.269 e. The second-order valence-corrected chi connectivity index (χ2v) is 8.20. The number of carbonyl (C=O) groups excluding carboxylic acids is 1. The van der Waals surface area contributed by atoms with Crippen molar-refractivity contribution < 1.29 is 9.72 Å². The number of hydrogen-bond donors (Lipinski definition) is 1. The number of hydrogen-bond acceptors (Lipinski definition) is 4. The first kappa shape index (κ1) is 21.0. The van der Waals surface area contributed by atoms with E-state index in [1.165, 1.54) is 28.5 Å². The van der Waals surface area contributed by atoms with Crippen LogP contribution in [-0.2, 0) is 11.3 Å². The summed E-state index contributed by atoms with van der Waals surface area (Å²) in [6.45, 7) is 4.42. The van der Waals surface area contributed by atoms with Gasteiger partial charge in [0.25, 0.3) is 5.69 Å². The molecule has 1 amide bonds. The minimum Gasteiger partial charge on any atom is -0.352 e. The molecular formula is C25H27N3O3. The van der Waals surface area contributed by atoms with E-state index in [4.69, 9.17) is 0 Å². The predicted octanol–water partition coefficient (Wildman–Crippen LogP) is 4.84. The van der Waals surface area contributed by atoms with Crippen molar-refractivity contribution >= 4 is 22.4 Å². The number of nitro benzene ring substituents is 1. The van der Waals surface area contributed by atoms with Gasteiger partial charge in [-0.15, -0.1) is 0 Å². The third-order valence-electron chi connectivity index (χ3n) is 6.34. The standard InChI is InChI=1S/C25H27N3O3/c1-18(23-8-4-6-20-5-2-3-7-24(20)23)27-15-13-21(14-16-27)25(29)26-17-19-9-11-22(12-10-19)28(30)31/h2-12,18,21H,13-17H2,1H3,(H,26,29). The highest BCUT2D eigenvalue weighted by Crippen LogP contribution is 2.31. The van der Waals surface area contributed by atoms with Gasteiger partial charge >= 0.3 is 0 Å². The number of nitro groups is 1. The van der Waals surface area contributed by atoms with Crippen LogP contribution in [0.3, 0.4) is 0 Å². The summed E-state index contributed by atoms with van der Waals surface area (Å²) in [7, 11) is 0. The Morgan fingerprint density at radius 3 is 2.45 bits per heavy atom. The second kappa shape index (κ2) is 9.27. The summed E-state index contributed by atoms with van der Waals surface area (Å²) >= 11 is 0. The molecule has 3 aromatic carbocycles. The summed E-state index contributed by atoms with van der Waals surface area (Å²) in [5.74, 6) is 0.0739. The first-order valence-electron chi connectivity index (χ1n) is 10.8. The molecule has 0 saturated carbocycles. The molecule has 1 N–H and O–H groups in total. The number of rotatable bonds is 6. The lowest BCUT2D eigenvalue weighted by Gasteiger charge is -2.36. The molecule has 0 aromatic heterocycles. The van der Waals surface area contributed by atoms with Crippen molar-refractivity contribution in [3.63, 3.8) is 0 Å². The first-order chi connectivity index (χ1) is 15.0. The van der Waals surface area contributed by atoms with E-state index >= 15 is 0 Å². The molecule has 3 aromatic rings. The molecule has 1 aliphatic heterocycles. The van der Waals surface area contributed by atoms with Gasteiger partial charge in [-0.05, 0) is 54.8 Å². The van der Waals surface area contributed by atoms with Crippen LogP contribution in [0.15, 0.2) is 66.7 Å². The largest absolute Gasteiger partial charge is 0.352 e. The highest BCUT2D eigenvalue weighted by atomic mass is 16.6. The first-order valence-corrected chi connectivity index (χ1v) is 10.8. The fraction of sp³-hybridized carbons (Fsp3) is 0.320. The Labute approximate surface area is 182 Å². The number of non-ortho nitro benzene ring substituents is 1. The molecule has 1 atom stereocenters. The number of amides is 1. The molecule has 1 unspecified atom stereocenters. The summed E-state index contributed by atoms with van der Waals surface area (Å²) in [4.78, 5) is 25.4. The van der Waals surface area contributed by atoms with Crippen molar-refractivity contribution in [2.45, 2.75) is 32.4 Å². The fourth-order valence-electron chi connectivity index (χ4n) is 4.43. The Hall–Kier alpha value is -3.25. The molecule has 0 bridgehead atoms. The van der Waals surface area contributed by atoms with Crippen LogP contribution in [0.25, 0.3) is 10.8 Å². The molecule has 4 rings (SSSR count). The third-order valence-corrected chi connectivity index (χ3v) is 6.34. The van der Waals surface area contributed by atoms with Gasteiger partial charge in [0, 0.05) is 30.6 Å². The van der Waals surface area contributed by atoms with Crippen LogP contribution in [0.4, 0.5) is 5.69 Å². The molecule has 160 valence electrons. The van der Waals surface area contributed by atoms with E-state index in [1.54, 1.807) is 12.1 Å². The number of carbonyl (C=O) groups is 1. The lowest BCUT2D eigenvalue weighted by atomic mass is 9.92. The van der Waals surface area contributed by atoms with E-state index in [0.717, 1.165) is 31.5 Å². The van der Waals surface area contributed by atoms with Gasteiger partial charge in [-0.25, -0.2) is 0 Å². The molecule has 0 radical (unpaired) electrons. The van der Waals surface area contributed by atoms with Crippen molar-refractivity contribution in [3.8, 4) is 0 Å². The molecule has 0 spiro atoms. The van der Waals surface area contributed by atoms with E-state index in [9.17, 15) is 14.9 Å². The zero-order chi connectivity index (χ0) is 21.8. The maximum Gasteiger partial charge on any atom is 0.269 e. The Bertz CT molecular complexity index is 1070. The number of piperidine rings is 1. The van der Waals surface area contributed by atoms with Gasteiger partial charge in [0.05, 0.1) is 4.92 Å². The second-order valence-electron chi connectivity index (χ2n) is 8.20. The van der Waals surface area contributed by atoms with Crippen LogP contribution < -0.4 is 5.32 Å². The molecule has 1 saturated heterocycles. The fourth-order valence-corrected chi connectivity index (χ4v) is 4.43. The van der Waals surface area contributed by atoms with Gasteiger partial charge in [-0.2, -0.15) is 0 Å². The Morgan fingerprint density at radius 2 is 1.74 bits per heavy atom. The van der Waals surface area contributed by atoms with Crippen LogP contribution >= 0.6 is 0 Å². The average molecular weight is 418 g/mol. The van der Waals surface area contributed by atoms with Crippen molar-refractivity contribution in [1.82, 2.24) is 10.2 Å². The molecule has 6 heteroatoms. The van der Waals surface area contributed by atoms with Crippen molar-refractivity contribution in [2.24, 2.45) is 5.92 Å². The highest BCUT2D eigenvalue weighted by Gasteiger charge is 2.28. The number of likely N-dealkylation sites (tertiary alicyclic amines) is 1. The Morgan fingerprint density at radius 1 is 1.06 bits per heavy atom. The van der Waals surface area contributed by atoms with Gasteiger partial charge in [0.1, 0.15) is 0 Å². The molecule has 1 aliphatic rings. The minimum atomic E-state index is -0.421. The monoisotopic (exact) mass is 417 g/mol. The van der Waals surface area contributed by atoms with Crippen molar-refractivity contribution in [1.29, 1.82) is 0 Å². The van der Waals surface area contributed by atoms with E-state index < -0.39 is 4.92 Å². The lowest BCUT2D eigenvalue weighted by molar-refractivity contribution is -0.384. The average Bonchev–Trinajstić information content (AvgIpc) is 2.82. The molecule has 31 heavy (non-hydrogen) atoms. The predicted molar refractivity (Wildman–Crippen MR) is 122 cm³/mol. The van der Waals surface area contributed by atoms with Gasteiger partial charge < -0.3 is 5.32 Å². The van der Waals surface area contributed by atoms with Crippen LogP contribution in [0.2, 0.25) is 0 Å². The van der Waals surface area contributed by atoms with Gasteiger partial charge in [0.2, 0.25) is 5.91 Å². The number of fused-ring (bicyclic) bond motifs is 1. The molecule has 0 aliphatic carbocycles. The van der Waals surface area contributed by atoms with Crippen molar-refractivity contribution in [3.05, 3.63) is 88.0 Å². The number of nitrogens with zero attached hydrogens (tertiary/aromatic N) is 2. The minimum absolute atomic E-state index is 0.00835. The van der Waals surface area contributed by atoms with E-state index in [1.807, 2.05) is 0 Å². The molecule has 6 nitrogen and oxygen atoms in total. The molecular weight excluding hydrogens is 390 g/mol. The van der Waals surface area contributed by atoms with E-state index in [-0.39, 0.29) is 17.5 Å². The number of nitrogens with one attached hydrogen (secondary N) is 1. The summed E-state index contributed by atoms with van der Waals surface area (Å²) in [6.07, 6.45) is 1.67. The van der Waals surface area contributed by atoms with Crippen LogP contribution in [0.5, 0.6) is 0 Å². The number of benzene rings is 3. The summed E-state index contributed by atoms with van der Waals surface area (Å²) in [5, 5.41) is 16.3. The summed E-state index contributed by atoms with van der Waals surface area (Å²) in [6, 6.07) is 21.6. The van der Waals surface area contributed by atoms with Gasteiger partial charge in [-0.3, -0.25) is 19.8 Å². The maximum atomic E-state index is 12.6. The topological polar surface area (TPSA) is 75.5 Å². The highest BCUT2D eigenvalue weighted by molar-refractivity contribution is 5.86. The Kier molecular flexibility index (Phi) is 6.28. The summed E-state index contributed by atoms with van der Waals surface area (Å²) < 4.78 is 0. The molecule has 1 heterocycles. The van der Waals surface area contributed by atoms with Crippen LogP contribution in [0.1, 0.15) is 36.9 Å². The van der Waals surface area contributed by atoms with E-state index in [0.29, 0.717) is 12.6 Å². The molecule has 1 fully saturated rings. The van der Waals surface area contributed by atoms with Crippen LogP contribution in [0, 0.1) is 16.0 Å². The van der Waals surface area contributed by atoms with Gasteiger partial charge in [0.15, 0.2) is 0 Å². The normalized spacial score (nSPS) is 16.2. The lowest BCUT2D eigenvalue weighted by Crippen LogP contribution is -2.41.